The molecule has 210 valence electrons. The number of aryl methyl sites for hydroxylation is 1. The summed E-state index contributed by atoms with van der Waals surface area (Å²) in [5, 5.41) is 13.5. The van der Waals surface area contributed by atoms with Crippen LogP contribution >= 0.6 is 0 Å². The van der Waals surface area contributed by atoms with Crippen molar-refractivity contribution in [2.45, 2.75) is 72.0 Å². The van der Waals surface area contributed by atoms with Gasteiger partial charge in [0.2, 0.25) is 11.8 Å². The van der Waals surface area contributed by atoms with E-state index in [1.165, 1.54) is 6.92 Å². The number of hydrogen-bond donors (Lipinski definition) is 2. The summed E-state index contributed by atoms with van der Waals surface area (Å²) in [6, 6.07) is 6.40. The number of aromatic nitrogens is 1. The highest BCUT2D eigenvalue weighted by atomic mass is 16.4. The van der Waals surface area contributed by atoms with Crippen LogP contribution in [0.2, 0.25) is 0 Å². The monoisotopic (exact) mass is 526 g/mol. The predicted octanol–water partition coefficient (Wildman–Crippen LogP) is 4.04. The fourth-order valence-corrected chi connectivity index (χ4v) is 5.40. The highest BCUT2D eigenvalue weighted by Gasteiger charge is 2.42. The molecule has 0 saturated heterocycles. The van der Waals surface area contributed by atoms with Gasteiger partial charge in [0.1, 0.15) is 6.04 Å². The van der Waals surface area contributed by atoms with Crippen molar-refractivity contribution < 1.29 is 19.5 Å². The summed E-state index contributed by atoms with van der Waals surface area (Å²) in [7, 11) is 7.43. The summed E-state index contributed by atoms with van der Waals surface area (Å²) in [4.78, 5) is 42.6. The summed E-state index contributed by atoms with van der Waals surface area (Å²) >= 11 is 0. The van der Waals surface area contributed by atoms with Gasteiger partial charge in [-0.25, -0.2) is 4.79 Å². The topological polar surface area (TPSA) is 94.9 Å². The van der Waals surface area contributed by atoms with E-state index in [0.29, 0.717) is 0 Å². The Bertz CT molecular complexity index is 1190. The minimum atomic E-state index is -1.02. The van der Waals surface area contributed by atoms with E-state index < -0.39 is 29.5 Å². The Kier molecular flexibility index (Phi) is 9.94. The average molecular weight is 527 g/mol. The molecule has 0 spiro atoms. The molecule has 0 saturated carbocycles. The molecule has 1 aromatic heterocycles. The zero-order valence-corrected chi connectivity index (χ0v) is 24.9. The van der Waals surface area contributed by atoms with E-state index in [9.17, 15) is 19.5 Å². The van der Waals surface area contributed by atoms with Gasteiger partial charge in [0.25, 0.3) is 0 Å². The van der Waals surface area contributed by atoms with Gasteiger partial charge in [0, 0.05) is 42.2 Å². The molecule has 0 fully saturated rings. The Labute approximate surface area is 227 Å². The minimum absolute atomic E-state index is 0.0124. The standard InChI is InChI=1S/C30H46N4O4/c1-18(2)24(16-20(5)29(37)38)34(11)28(36)25(19(3)4)31-27(35)26(32(8)9)30(6,7)22-17-33(10)23-15-13-12-14-21(22)23/h12-19,24-26H,1-11H3,(H,31,35)(H,37,38)/b20-16+/t24-,25+,26-/m1/s1. The Morgan fingerprint density at radius 2 is 1.61 bits per heavy atom. The Morgan fingerprint density at radius 1 is 1.03 bits per heavy atom. The average Bonchev–Trinajstić information content (AvgIpc) is 3.16. The first-order chi connectivity index (χ1) is 17.5. The van der Waals surface area contributed by atoms with Crippen LogP contribution in [0.4, 0.5) is 0 Å². The van der Waals surface area contributed by atoms with Crippen LogP contribution in [-0.2, 0) is 26.8 Å². The highest BCUT2D eigenvalue weighted by molar-refractivity contribution is 5.93. The van der Waals surface area contributed by atoms with Gasteiger partial charge in [-0.15, -0.1) is 0 Å². The zero-order chi connectivity index (χ0) is 29.1. The van der Waals surface area contributed by atoms with Crippen LogP contribution < -0.4 is 5.32 Å². The quantitative estimate of drug-likeness (QED) is 0.431. The predicted molar refractivity (Wildman–Crippen MR) is 153 cm³/mol. The maximum atomic E-state index is 13.9. The lowest BCUT2D eigenvalue weighted by Crippen LogP contribution is -2.60. The number of aliphatic carboxylic acids is 1. The molecule has 38 heavy (non-hydrogen) atoms. The van der Waals surface area contributed by atoms with Gasteiger partial charge in [-0.3, -0.25) is 14.5 Å². The Hall–Kier alpha value is -3.13. The van der Waals surface area contributed by atoms with Crippen molar-refractivity contribution in [1.29, 1.82) is 0 Å². The lowest BCUT2D eigenvalue weighted by Gasteiger charge is -2.39. The van der Waals surface area contributed by atoms with Crippen LogP contribution in [0.1, 0.15) is 54.0 Å². The molecular weight excluding hydrogens is 480 g/mol. The molecule has 8 nitrogen and oxygen atoms in total. The first-order valence-electron chi connectivity index (χ1n) is 13.2. The SMILES string of the molecule is C/C(=C\[C@H](C(C)C)N(C)C(=O)[C@@H](NC(=O)[C@@H](N(C)C)C(C)(C)c1cn(C)c2ccccc12)C(C)C)C(=O)O. The van der Waals surface area contributed by atoms with Crippen molar-refractivity contribution >= 4 is 28.7 Å². The third-order valence-corrected chi connectivity index (χ3v) is 7.51. The number of para-hydroxylation sites is 1. The van der Waals surface area contributed by atoms with Crippen molar-refractivity contribution in [3.8, 4) is 0 Å². The number of carbonyl (C=O) groups excluding carboxylic acids is 2. The summed E-state index contributed by atoms with van der Waals surface area (Å²) in [6.45, 7) is 13.3. The van der Waals surface area contributed by atoms with Crippen LogP contribution in [-0.4, -0.2) is 76.5 Å². The van der Waals surface area contributed by atoms with Crippen LogP contribution in [0, 0.1) is 11.8 Å². The molecule has 1 aromatic carbocycles. The molecule has 0 aliphatic heterocycles. The van der Waals surface area contributed by atoms with E-state index in [-0.39, 0.29) is 29.2 Å². The molecule has 3 atom stereocenters. The number of carboxylic acids is 1. The third-order valence-electron chi connectivity index (χ3n) is 7.51. The fourth-order valence-electron chi connectivity index (χ4n) is 5.40. The molecule has 2 N–H and O–H groups in total. The van der Waals surface area contributed by atoms with E-state index in [0.717, 1.165) is 16.5 Å². The van der Waals surface area contributed by atoms with Gasteiger partial charge in [-0.05, 0) is 44.5 Å². The summed E-state index contributed by atoms with van der Waals surface area (Å²) in [5.74, 6) is -1.68. The third kappa shape index (κ3) is 6.46. The van der Waals surface area contributed by atoms with Gasteiger partial charge in [0.15, 0.2) is 0 Å². The number of hydrogen-bond acceptors (Lipinski definition) is 4. The van der Waals surface area contributed by atoms with Crippen molar-refractivity contribution in [2.24, 2.45) is 18.9 Å². The number of benzene rings is 1. The number of fused-ring (bicyclic) bond motifs is 1. The fraction of sp³-hybridized carbons (Fsp3) is 0.567. The van der Waals surface area contributed by atoms with E-state index in [1.54, 1.807) is 18.0 Å². The maximum Gasteiger partial charge on any atom is 0.331 e. The smallest absolute Gasteiger partial charge is 0.331 e. The van der Waals surface area contributed by atoms with Crippen molar-refractivity contribution in [1.82, 2.24) is 19.7 Å². The number of nitrogens with zero attached hydrogens (tertiary/aromatic N) is 3. The molecule has 0 bridgehead atoms. The van der Waals surface area contributed by atoms with E-state index in [4.69, 9.17) is 0 Å². The van der Waals surface area contributed by atoms with Gasteiger partial charge >= 0.3 is 5.97 Å². The Balaban J connectivity index is 2.43. The van der Waals surface area contributed by atoms with Crippen molar-refractivity contribution in [2.75, 3.05) is 21.1 Å². The lowest BCUT2D eigenvalue weighted by molar-refractivity contribution is -0.140. The molecule has 0 aliphatic carbocycles. The summed E-state index contributed by atoms with van der Waals surface area (Å²) in [5.41, 5.74) is 1.75. The second-order valence-corrected chi connectivity index (χ2v) is 11.8. The molecule has 2 amide bonds. The number of nitrogens with one attached hydrogen (secondary N) is 1. The first-order valence-corrected chi connectivity index (χ1v) is 13.2. The molecule has 0 aliphatic rings. The minimum Gasteiger partial charge on any atom is -0.478 e. The van der Waals surface area contributed by atoms with Crippen molar-refractivity contribution in [3.05, 3.63) is 47.7 Å². The highest BCUT2D eigenvalue weighted by Crippen LogP contribution is 2.36. The second kappa shape index (κ2) is 12.2. The van der Waals surface area contributed by atoms with Gasteiger partial charge in [-0.1, -0.05) is 65.8 Å². The van der Waals surface area contributed by atoms with Gasteiger partial charge in [0.05, 0.1) is 12.1 Å². The maximum absolute atomic E-state index is 13.9. The van der Waals surface area contributed by atoms with Crippen LogP contribution in [0.15, 0.2) is 42.1 Å². The largest absolute Gasteiger partial charge is 0.478 e. The van der Waals surface area contributed by atoms with Gasteiger partial charge in [-0.2, -0.15) is 0 Å². The molecule has 0 radical (unpaired) electrons. The number of carboxylic acid groups (broad SMARTS) is 1. The van der Waals surface area contributed by atoms with Crippen molar-refractivity contribution in [3.63, 3.8) is 0 Å². The second-order valence-electron chi connectivity index (χ2n) is 11.8. The summed E-state index contributed by atoms with van der Waals surface area (Å²) in [6.07, 6.45) is 3.69. The summed E-state index contributed by atoms with van der Waals surface area (Å²) < 4.78 is 2.07. The molecule has 8 heteroatoms. The number of amides is 2. The molecule has 2 rings (SSSR count). The number of carbonyl (C=O) groups is 3. The molecule has 1 heterocycles. The van der Waals surface area contributed by atoms with Crippen LogP contribution in [0.3, 0.4) is 0 Å². The molecule has 0 unspecified atom stereocenters. The first kappa shape index (κ1) is 31.1. The number of likely N-dealkylation sites (N-methyl/N-ethyl adjacent to an activating group) is 2. The number of rotatable bonds is 11. The van der Waals surface area contributed by atoms with E-state index in [2.05, 4.69) is 42.1 Å². The Morgan fingerprint density at radius 3 is 2.11 bits per heavy atom. The normalized spacial score (nSPS) is 15.2. The van der Waals surface area contributed by atoms with Gasteiger partial charge < -0.3 is 19.9 Å². The molecule has 2 aromatic rings. The van der Waals surface area contributed by atoms with E-state index in [1.807, 2.05) is 65.9 Å². The van der Waals surface area contributed by atoms with E-state index >= 15 is 0 Å². The lowest BCUT2D eigenvalue weighted by atomic mass is 9.76. The molecular formula is C30H46N4O4. The van der Waals surface area contributed by atoms with Crippen LogP contribution in [0.25, 0.3) is 10.9 Å². The zero-order valence-electron chi connectivity index (χ0n) is 24.9. The van der Waals surface area contributed by atoms with Crippen LogP contribution in [0.5, 0.6) is 0 Å².